The van der Waals surface area contributed by atoms with Crippen LogP contribution in [0.2, 0.25) is 0 Å². The minimum atomic E-state index is -1.20. The van der Waals surface area contributed by atoms with Crippen molar-refractivity contribution in [2.75, 3.05) is 18.5 Å². The van der Waals surface area contributed by atoms with Gasteiger partial charge in [-0.1, -0.05) is 48.5 Å². The molecule has 1 amide bonds. The van der Waals surface area contributed by atoms with E-state index in [0.717, 1.165) is 28.3 Å². The van der Waals surface area contributed by atoms with Crippen molar-refractivity contribution in [3.63, 3.8) is 0 Å². The van der Waals surface area contributed by atoms with E-state index in [4.69, 9.17) is 4.74 Å². The number of rotatable bonds is 12. The molecule has 0 heterocycles. The van der Waals surface area contributed by atoms with Gasteiger partial charge >= 0.3 is 12.1 Å². The standard InChI is InChI=1S/C27H26N4O8/c32-26(33)25(11-5-6-12-28-17-13-18(30(35)36)15-19(14-17)31(37)38)29-27(34)39-16-24-22-9-3-1-7-20(22)21-8-2-4-10-23(21)24/h1-4,7-10,13-15,24-25,28H,5-6,11-12,16H2,(H,29,34)(H,32,33)/t25-/m0/s1. The van der Waals surface area contributed by atoms with Gasteiger partial charge < -0.3 is 20.5 Å². The lowest BCUT2D eigenvalue weighted by Gasteiger charge is -2.17. The zero-order valence-corrected chi connectivity index (χ0v) is 20.7. The van der Waals surface area contributed by atoms with Crippen molar-refractivity contribution in [1.29, 1.82) is 0 Å². The molecule has 39 heavy (non-hydrogen) atoms. The predicted octanol–water partition coefficient (Wildman–Crippen LogP) is 5.08. The van der Waals surface area contributed by atoms with Gasteiger partial charge in [0, 0.05) is 30.3 Å². The molecule has 3 N–H and O–H groups in total. The van der Waals surface area contributed by atoms with Gasteiger partial charge in [0.1, 0.15) is 12.6 Å². The first-order valence-corrected chi connectivity index (χ1v) is 12.3. The van der Waals surface area contributed by atoms with E-state index in [1.807, 2.05) is 48.5 Å². The van der Waals surface area contributed by atoms with Crippen molar-refractivity contribution < 1.29 is 29.3 Å². The maximum atomic E-state index is 12.5. The third-order valence-electron chi connectivity index (χ3n) is 6.51. The first-order chi connectivity index (χ1) is 18.7. The van der Waals surface area contributed by atoms with Crippen LogP contribution in [0.4, 0.5) is 21.9 Å². The van der Waals surface area contributed by atoms with Gasteiger partial charge in [0.25, 0.3) is 11.4 Å². The van der Waals surface area contributed by atoms with Crippen LogP contribution in [0.1, 0.15) is 36.3 Å². The number of carboxylic acids is 1. The smallest absolute Gasteiger partial charge is 0.407 e. The number of nitrogens with zero attached hydrogens (tertiary/aromatic N) is 2. The number of carbonyl (C=O) groups is 2. The van der Waals surface area contributed by atoms with Gasteiger partial charge in [-0.05, 0) is 41.5 Å². The van der Waals surface area contributed by atoms with Crippen molar-refractivity contribution in [1.82, 2.24) is 5.32 Å². The second-order valence-electron chi connectivity index (χ2n) is 9.04. The number of carbonyl (C=O) groups excluding carboxylic acids is 1. The van der Waals surface area contributed by atoms with E-state index >= 15 is 0 Å². The summed E-state index contributed by atoms with van der Waals surface area (Å²) >= 11 is 0. The predicted molar refractivity (Wildman–Crippen MR) is 142 cm³/mol. The third kappa shape index (κ3) is 6.47. The number of unbranched alkanes of at least 4 members (excludes halogenated alkanes) is 1. The molecule has 0 fully saturated rings. The number of ether oxygens (including phenoxy) is 1. The highest BCUT2D eigenvalue weighted by molar-refractivity contribution is 5.81. The molecular weight excluding hydrogens is 508 g/mol. The summed E-state index contributed by atoms with van der Waals surface area (Å²) in [6, 6.07) is 17.8. The first-order valence-electron chi connectivity index (χ1n) is 12.3. The molecule has 0 radical (unpaired) electrons. The number of aliphatic carboxylic acids is 1. The van der Waals surface area contributed by atoms with Crippen molar-refractivity contribution in [3.05, 3.63) is 98.1 Å². The molecule has 202 valence electrons. The maximum Gasteiger partial charge on any atom is 0.407 e. The maximum absolute atomic E-state index is 12.5. The van der Waals surface area contributed by atoms with E-state index in [-0.39, 0.29) is 31.2 Å². The molecular formula is C27H26N4O8. The van der Waals surface area contributed by atoms with Gasteiger partial charge in [-0.15, -0.1) is 0 Å². The Kier molecular flexibility index (Phi) is 8.34. The number of nitro groups is 2. The zero-order valence-electron chi connectivity index (χ0n) is 20.7. The van der Waals surface area contributed by atoms with E-state index in [2.05, 4.69) is 10.6 Å². The van der Waals surface area contributed by atoms with Crippen LogP contribution in [0, 0.1) is 20.2 Å². The molecule has 1 atom stereocenters. The highest BCUT2D eigenvalue weighted by atomic mass is 16.6. The van der Waals surface area contributed by atoms with Crippen LogP contribution in [-0.4, -0.2) is 46.2 Å². The summed E-state index contributed by atoms with van der Waals surface area (Å²) in [5.74, 6) is -1.35. The number of non-ortho nitro benzene ring substituents is 2. The average molecular weight is 535 g/mol. The lowest BCUT2D eigenvalue weighted by atomic mass is 9.98. The van der Waals surface area contributed by atoms with Crippen LogP contribution in [0.25, 0.3) is 11.1 Å². The van der Waals surface area contributed by atoms with Crippen LogP contribution < -0.4 is 10.6 Å². The fourth-order valence-electron chi connectivity index (χ4n) is 4.65. The van der Waals surface area contributed by atoms with Gasteiger partial charge in [0.2, 0.25) is 0 Å². The van der Waals surface area contributed by atoms with Crippen LogP contribution in [0.5, 0.6) is 0 Å². The normalized spacial score (nSPS) is 12.6. The van der Waals surface area contributed by atoms with Gasteiger partial charge in [0.05, 0.1) is 15.9 Å². The average Bonchev–Trinajstić information content (AvgIpc) is 3.24. The number of alkyl carbamates (subject to hydrolysis) is 1. The van der Waals surface area contributed by atoms with Crippen molar-refractivity contribution in [2.45, 2.75) is 31.2 Å². The number of benzene rings is 3. The van der Waals surface area contributed by atoms with E-state index in [1.54, 1.807) is 0 Å². The van der Waals surface area contributed by atoms with E-state index in [0.29, 0.717) is 12.8 Å². The summed E-state index contributed by atoms with van der Waals surface area (Å²) in [6.07, 6.45) is 0.138. The van der Waals surface area contributed by atoms with Crippen LogP contribution in [0.15, 0.2) is 66.7 Å². The number of fused-ring (bicyclic) bond motifs is 3. The van der Waals surface area contributed by atoms with Crippen molar-refractivity contribution in [3.8, 4) is 11.1 Å². The van der Waals surface area contributed by atoms with Gasteiger partial charge in [0.15, 0.2) is 0 Å². The molecule has 0 saturated heterocycles. The van der Waals surface area contributed by atoms with E-state index in [1.165, 1.54) is 12.1 Å². The number of hydrogen-bond acceptors (Lipinski definition) is 8. The number of anilines is 1. The summed E-state index contributed by atoms with van der Waals surface area (Å²) in [7, 11) is 0. The molecule has 0 saturated carbocycles. The van der Waals surface area contributed by atoms with Gasteiger partial charge in [-0.25, -0.2) is 9.59 Å². The summed E-state index contributed by atoms with van der Waals surface area (Å²) in [5.41, 5.74) is 3.64. The minimum absolute atomic E-state index is 0.0610. The molecule has 12 heteroatoms. The Morgan fingerprint density at radius 1 is 0.897 bits per heavy atom. The topological polar surface area (TPSA) is 174 Å². The minimum Gasteiger partial charge on any atom is -0.480 e. The quantitative estimate of drug-likeness (QED) is 0.163. The van der Waals surface area contributed by atoms with Crippen LogP contribution in [-0.2, 0) is 9.53 Å². The summed E-state index contributed by atoms with van der Waals surface area (Å²) in [4.78, 5) is 44.8. The van der Waals surface area contributed by atoms with Gasteiger partial charge in [-0.2, -0.15) is 0 Å². The lowest BCUT2D eigenvalue weighted by molar-refractivity contribution is -0.394. The van der Waals surface area contributed by atoms with E-state index in [9.17, 15) is 34.9 Å². The molecule has 4 rings (SSSR count). The van der Waals surface area contributed by atoms with Crippen molar-refractivity contribution in [2.24, 2.45) is 0 Å². The number of hydrogen-bond donors (Lipinski definition) is 3. The molecule has 3 aromatic carbocycles. The molecule has 1 aliphatic rings. The fraction of sp³-hybridized carbons (Fsp3) is 0.259. The second kappa shape index (κ2) is 12.0. The second-order valence-corrected chi connectivity index (χ2v) is 9.04. The summed E-state index contributed by atoms with van der Waals surface area (Å²) < 4.78 is 5.43. The Bertz CT molecular complexity index is 1330. The lowest BCUT2D eigenvalue weighted by Crippen LogP contribution is -2.41. The number of nitro benzene ring substituents is 2. The largest absolute Gasteiger partial charge is 0.480 e. The molecule has 0 spiro atoms. The Morgan fingerprint density at radius 2 is 1.46 bits per heavy atom. The number of nitrogens with one attached hydrogen (secondary N) is 2. The molecule has 0 unspecified atom stereocenters. The Morgan fingerprint density at radius 3 is 2.00 bits per heavy atom. The summed E-state index contributed by atoms with van der Waals surface area (Å²) in [5, 5.41) is 36.9. The third-order valence-corrected chi connectivity index (χ3v) is 6.51. The Balaban J connectivity index is 1.26. The van der Waals surface area contributed by atoms with Crippen LogP contribution in [0.3, 0.4) is 0 Å². The monoisotopic (exact) mass is 534 g/mol. The molecule has 0 aromatic heterocycles. The first kappa shape index (κ1) is 27.0. The number of carboxylic acid groups (broad SMARTS) is 1. The molecule has 12 nitrogen and oxygen atoms in total. The van der Waals surface area contributed by atoms with Gasteiger partial charge in [-0.3, -0.25) is 20.2 Å². The zero-order chi connectivity index (χ0) is 27.9. The highest BCUT2D eigenvalue weighted by Crippen LogP contribution is 2.44. The molecule has 3 aromatic rings. The van der Waals surface area contributed by atoms with Crippen molar-refractivity contribution >= 4 is 29.1 Å². The Hall–Kier alpha value is -5.00. The molecule has 1 aliphatic carbocycles. The molecule has 0 bridgehead atoms. The van der Waals surface area contributed by atoms with Crippen LogP contribution >= 0.6 is 0 Å². The SMILES string of the molecule is O=C(N[C@@H](CCCCNc1cc([N+](=O)[O-])cc([N+](=O)[O-])c1)C(=O)O)OCC1c2ccccc2-c2ccccc21. The number of amides is 1. The highest BCUT2D eigenvalue weighted by Gasteiger charge is 2.29. The fourth-order valence-corrected chi connectivity index (χ4v) is 4.65. The Labute approximate surface area is 222 Å². The summed E-state index contributed by atoms with van der Waals surface area (Å²) in [6.45, 7) is 0.348. The van der Waals surface area contributed by atoms with E-state index < -0.39 is 39.3 Å². The molecule has 0 aliphatic heterocycles.